The van der Waals surface area contributed by atoms with Crippen molar-refractivity contribution < 1.29 is 14.3 Å². The van der Waals surface area contributed by atoms with Crippen LogP contribution in [0.1, 0.15) is 11.1 Å². The third kappa shape index (κ3) is 6.08. The van der Waals surface area contributed by atoms with Crippen molar-refractivity contribution in [3.05, 3.63) is 59.7 Å². The zero-order valence-electron chi connectivity index (χ0n) is 16.1. The SMILES string of the molecule is COc1cc(C)ccc1OCC(=O)N(CCN(C)C)Cc1ccccc1. The second-order valence-corrected chi connectivity index (χ2v) is 6.55. The lowest BCUT2D eigenvalue weighted by molar-refractivity contribution is -0.134. The number of rotatable bonds is 9. The van der Waals surface area contributed by atoms with Gasteiger partial charge in [0.2, 0.25) is 0 Å². The van der Waals surface area contributed by atoms with E-state index < -0.39 is 0 Å². The topological polar surface area (TPSA) is 42.0 Å². The number of amides is 1. The lowest BCUT2D eigenvalue weighted by Gasteiger charge is -2.25. The lowest BCUT2D eigenvalue weighted by Crippen LogP contribution is -2.39. The number of carbonyl (C=O) groups is 1. The largest absolute Gasteiger partial charge is 0.493 e. The van der Waals surface area contributed by atoms with Gasteiger partial charge in [0.05, 0.1) is 7.11 Å². The van der Waals surface area contributed by atoms with Gasteiger partial charge in [-0.3, -0.25) is 4.79 Å². The summed E-state index contributed by atoms with van der Waals surface area (Å²) in [7, 11) is 5.60. The molecule has 2 rings (SSSR count). The van der Waals surface area contributed by atoms with Gasteiger partial charge < -0.3 is 19.3 Å². The van der Waals surface area contributed by atoms with E-state index in [1.54, 1.807) is 7.11 Å². The first-order valence-corrected chi connectivity index (χ1v) is 8.73. The Morgan fingerprint density at radius 1 is 1.00 bits per heavy atom. The highest BCUT2D eigenvalue weighted by molar-refractivity contribution is 5.78. The van der Waals surface area contributed by atoms with Crippen LogP contribution in [0.25, 0.3) is 0 Å². The summed E-state index contributed by atoms with van der Waals surface area (Å²) < 4.78 is 11.1. The Kier molecular flexibility index (Phi) is 7.48. The van der Waals surface area contributed by atoms with E-state index in [1.807, 2.05) is 74.4 Å². The number of nitrogens with zero attached hydrogens (tertiary/aromatic N) is 2. The number of methoxy groups -OCH3 is 1. The predicted octanol–water partition coefficient (Wildman–Crippen LogP) is 2.97. The van der Waals surface area contributed by atoms with Gasteiger partial charge in [-0.1, -0.05) is 36.4 Å². The van der Waals surface area contributed by atoms with Gasteiger partial charge >= 0.3 is 0 Å². The standard InChI is InChI=1S/C21H28N2O3/c1-17-10-11-19(20(14-17)25-4)26-16-21(24)23(13-12-22(2)3)15-18-8-6-5-7-9-18/h5-11,14H,12-13,15-16H2,1-4H3. The Morgan fingerprint density at radius 3 is 2.38 bits per heavy atom. The first-order valence-electron chi connectivity index (χ1n) is 8.73. The van der Waals surface area contributed by atoms with Crippen molar-refractivity contribution in [3.8, 4) is 11.5 Å². The van der Waals surface area contributed by atoms with Crippen molar-refractivity contribution in [2.75, 3.05) is 40.9 Å². The van der Waals surface area contributed by atoms with Crippen LogP contribution in [-0.2, 0) is 11.3 Å². The first-order chi connectivity index (χ1) is 12.5. The molecule has 2 aromatic carbocycles. The van der Waals surface area contributed by atoms with Gasteiger partial charge in [-0.05, 0) is 44.3 Å². The zero-order valence-corrected chi connectivity index (χ0v) is 16.1. The molecule has 0 aromatic heterocycles. The molecular weight excluding hydrogens is 328 g/mol. The fraction of sp³-hybridized carbons (Fsp3) is 0.381. The molecule has 26 heavy (non-hydrogen) atoms. The molecule has 0 bridgehead atoms. The van der Waals surface area contributed by atoms with E-state index in [4.69, 9.17) is 9.47 Å². The van der Waals surface area contributed by atoms with Crippen LogP contribution in [0.4, 0.5) is 0 Å². The highest BCUT2D eigenvalue weighted by atomic mass is 16.5. The maximum absolute atomic E-state index is 12.7. The molecule has 0 unspecified atom stereocenters. The monoisotopic (exact) mass is 356 g/mol. The highest BCUT2D eigenvalue weighted by Crippen LogP contribution is 2.27. The van der Waals surface area contributed by atoms with Gasteiger partial charge in [0.15, 0.2) is 18.1 Å². The molecule has 0 saturated heterocycles. The molecule has 5 nitrogen and oxygen atoms in total. The minimum atomic E-state index is -0.0432. The molecule has 0 fully saturated rings. The molecule has 5 heteroatoms. The van der Waals surface area contributed by atoms with Gasteiger partial charge in [-0.15, -0.1) is 0 Å². The van der Waals surface area contributed by atoms with E-state index in [0.29, 0.717) is 24.6 Å². The van der Waals surface area contributed by atoms with E-state index in [0.717, 1.165) is 17.7 Å². The number of aryl methyl sites for hydroxylation is 1. The molecule has 0 N–H and O–H groups in total. The maximum atomic E-state index is 12.7. The fourth-order valence-corrected chi connectivity index (χ4v) is 2.54. The summed E-state index contributed by atoms with van der Waals surface area (Å²) in [6, 6.07) is 15.7. The predicted molar refractivity (Wildman–Crippen MR) is 104 cm³/mol. The van der Waals surface area contributed by atoms with Gasteiger partial charge in [0, 0.05) is 19.6 Å². The van der Waals surface area contributed by atoms with Crippen molar-refractivity contribution in [3.63, 3.8) is 0 Å². The van der Waals surface area contributed by atoms with E-state index in [2.05, 4.69) is 4.90 Å². The van der Waals surface area contributed by atoms with Crippen molar-refractivity contribution >= 4 is 5.91 Å². The smallest absolute Gasteiger partial charge is 0.260 e. The minimum Gasteiger partial charge on any atom is -0.493 e. The number of hydrogen-bond acceptors (Lipinski definition) is 4. The van der Waals surface area contributed by atoms with Crippen LogP contribution < -0.4 is 9.47 Å². The van der Waals surface area contributed by atoms with Crippen molar-refractivity contribution in [1.29, 1.82) is 0 Å². The van der Waals surface area contributed by atoms with Crippen LogP contribution in [-0.4, -0.2) is 56.6 Å². The first kappa shape index (κ1) is 19.8. The third-order valence-electron chi connectivity index (χ3n) is 4.06. The maximum Gasteiger partial charge on any atom is 0.260 e. The number of hydrogen-bond donors (Lipinski definition) is 0. The highest BCUT2D eigenvalue weighted by Gasteiger charge is 2.16. The molecule has 2 aromatic rings. The normalized spacial score (nSPS) is 10.7. The third-order valence-corrected chi connectivity index (χ3v) is 4.06. The molecule has 140 valence electrons. The van der Waals surface area contributed by atoms with E-state index in [9.17, 15) is 4.79 Å². The van der Waals surface area contributed by atoms with Crippen LogP contribution >= 0.6 is 0 Å². The Labute approximate surface area is 156 Å². The van der Waals surface area contributed by atoms with Crippen LogP contribution in [0, 0.1) is 6.92 Å². The molecule has 0 aliphatic heterocycles. The van der Waals surface area contributed by atoms with Crippen LogP contribution in [0.15, 0.2) is 48.5 Å². The molecule has 0 atom stereocenters. The van der Waals surface area contributed by atoms with E-state index in [-0.39, 0.29) is 12.5 Å². The minimum absolute atomic E-state index is 0.0142. The molecule has 0 heterocycles. The Bertz CT molecular complexity index is 702. The lowest BCUT2D eigenvalue weighted by atomic mass is 10.2. The number of carbonyl (C=O) groups excluding carboxylic acids is 1. The summed E-state index contributed by atoms with van der Waals surface area (Å²) in [4.78, 5) is 16.6. The Morgan fingerprint density at radius 2 is 1.73 bits per heavy atom. The summed E-state index contributed by atoms with van der Waals surface area (Å²) >= 11 is 0. The van der Waals surface area contributed by atoms with Crippen LogP contribution in [0.2, 0.25) is 0 Å². The fourth-order valence-electron chi connectivity index (χ4n) is 2.54. The summed E-state index contributed by atoms with van der Waals surface area (Å²) in [6.45, 7) is 3.99. The average Bonchev–Trinajstić information content (AvgIpc) is 2.64. The molecule has 0 radical (unpaired) electrons. The van der Waals surface area contributed by atoms with Crippen molar-refractivity contribution in [2.45, 2.75) is 13.5 Å². The van der Waals surface area contributed by atoms with Gasteiger partial charge in [-0.25, -0.2) is 0 Å². The van der Waals surface area contributed by atoms with Crippen LogP contribution in [0.5, 0.6) is 11.5 Å². The molecule has 0 aliphatic carbocycles. The van der Waals surface area contributed by atoms with E-state index in [1.165, 1.54) is 0 Å². The van der Waals surface area contributed by atoms with Gasteiger partial charge in [0.25, 0.3) is 5.91 Å². The summed E-state index contributed by atoms with van der Waals surface area (Å²) in [5, 5.41) is 0. The molecular formula is C21H28N2O3. The molecule has 0 spiro atoms. The average molecular weight is 356 g/mol. The van der Waals surface area contributed by atoms with E-state index >= 15 is 0 Å². The quantitative estimate of drug-likeness (QED) is 0.693. The summed E-state index contributed by atoms with van der Waals surface area (Å²) in [6.07, 6.45) is 0. The number of ether oxygens (including phenoxy) is 2. The van der Waals surface area contributed by atoms with Crippen molar-refractivity contribution in [2.24, 2.45) is 0 Å². The number of benzene rings is 2. The summed E-state index contributed by atoms with van der Waals surface area (Å²) in [5.74, 6) is 1.18. The van der Waals surface area contributed by atoms with Crippen LogP contribution in [0.3, 0.4) is 0 Å². The molecule has 0 aliphatic rings. The Hall–Kier alpha value is -2.53. The second-order valence-electron chi connectivity index (χ2n) is 6.55. The Balaban J connectivity index is 2.03. The molecule has 0 saturated carbocycles. The van der Waals surface area contributed by atoms with Gasteiger partial charge in [-0.2, -0.15) is 0 Å². The second kappa shape index (κ2) is 9.82. The summed E-state index contributed by atoms with van der Waals surface area (Å²) in [5.41, 5.74) is 2.18. The van der Waals surface area contributed by atoms with Gasteiger partial charge in [0.1, 0.15) is 0 Å². The molecule has 1 amide bonds. The zero-order chi connectivity index (χ0) is 18.9. The van der Waals surface area contributed by atoms with Crippen molar-refractivity contribution in [1.82, 2.24) is 9.80 Å². The number of likely N-dealkylation sites (N-methyl/N-ethyl adjacent to an activating group) is 1.